The molecule has 1 unspecified atom stereocenters. The van der Waals surface area contributed by atoms with Crippen molar-refractivity contribution in [3.63, 3.8) is 0 Å². The predicted molar refractivity (Wildman–Crippen MR) is 69.4 cm³/mol. The fourth-order valence-corrected chi connectivity index (χ4v) is 1.21. The van der Waals surface area contributed by atoms with E-state index in [9.17, 15) is 4.79 Å². The first-order chi connectivity index (χ1) is 8.49. The molecule has 0 aliphatic heterocycles. The van der Waals surface area contributed by atoms with Crippen molar-refractivity contribution >= 4 is 17.2 Å². The van der Waals surface area contributed by atoms with Crippen molar-refractivity contribution in [3.8, 4) is 5.75 Å². The molecule has 0 saturated heterocycles. The first kappa shape index (κ1) is 16.5. The molecule has 5 nitrogen and oxygen atoms in total. The second-order valence-corrected chi connectivity index (χ2v) is 3.80. The number of rotatable bonds is 4. The van der Waals surface area contributed by atoms with Crippen molar-refractivity contribution < 1.29 is 18.3 Å². The van der Waals surface area contributed by atoms with Gasteiger partial charge in [0.2, 0.25) is 0 Å². The van der Waals surface area contributed by atoms with Gasteiger partial charge >= 0.3 is 5.97 Å². The van der Waals surface area contributed by atoms with Crippen LogP contribution in [0.15, 0.2) is 36.9 Å². The van der Waals surface area contributed by atoms with Crippen LogP contribution in [0.4, 0.5) is 0 Å². The highest BCUT2D eigenvalue weighted by Crippen LogP contribution is 2.14. The summed E-state index contributed by atoms with van der Waals surface area (Å²) in [6.45, 7) is 5.45. The molecule has 1 atom stereocenters. The van der Waals surface area contributed by atoms with Crippen molar-refractivity contribution in [1.82, 2.24) is 0 Å². The van der Waals surface area contributed by atoms with Crippen LogP contribution < -0.4 is 9.88 Å². The zero-order valence-electron chi connectivity index (χ0n) is 10.1. The molecular formula is C12H16NO4S-. The van der Waals surface area contributed by atoms with Gasteiger partial charge in [0.15, 0.2) is 0 Å². The molecule has 0 spiro atoms. The Kier molecular flexibility index (Phi) is 8.73. The molecule has 1 aromatic rings. The standard InChI is InChI=1S/C12H14O2.H3NO2S/c1-3-6-10-7-5-8-11(9-10)14-12(13)4-2;1-4(2)3/h4-5,7-9H,2-3,6H2,1H3;1H2,(H,2,3)/p-1. The first-order valence-electron chi connectivity index (χ1n) is 5.26. The lowest BCUT2D eigenvalue weighted by Gasteiger charge is -2.03. The third-order valence-electron chi connectivity index (χ3n) is 1.82. The lowest BCUT2D eigenvalue weighted by Crippen LogP contribution is -2.03. The molecule has 1 rings (SSSR count). The van der Waals surface area contributed by atoms with Gasteiger partial charge in [-0.2, -0.15) is 0 Å². The summed E-state index contributed by atoms with van der Waals surface area (Å²) in [4.78, 5) is 10.9. The maximum atomic E-state index is 10.9. The summed E-state index contributed by atoms with van der Waals surface area (Å²) < 4.78 is 22.5. The molecule has 0 aliphatic carbocycles. The van der Waals surface area contributed by atoms with E-state index in [0.29, 0.717) is 5.75 Å². The quantitative estimate of drug-likeness (QED) is 0.388. The Labute approximate surface area is 109 Å². The predicted octanol–water partition coefficient (Wildman–Crippen LogP) is 1.47. The van der Waals surface area contributed by atoms with Crippen molar-refractivity contribution in [1.29, 1.82) is 0 Å². The zero-order chi connectivity index (χ0) is 14.0. The lowest BCUT2D eigenvalue weighted by molar-refractivity contribution is -0.128. The van der Waals surface area contributed by atoms with Gasteiger partial charge < -0.3 is 9.29 Å². The maximum Gasteiger partial charge on any atom is 0.335 e. The second kappa shape index (κ2) is 9.52. The highest BCUT2D eigenvalue weighted by molar-refractivity contribution is 7.76. The minimum Gasteiger partial charge on any atom is -0.760 e. The van der Waals surface area contributed by atoms with Crippen molar-refractivity contribution in [2.45, 2.75) is 19.8 Å². The van der Waals surface area contributed by atoms with E-state index in [1.807, 2.05) is 18.2 Å². The van der Waals surface area contributed by atoms with Gasteiger partial charge in [0, 0.05) is 17.3 Å². The maximum absolute atomic E-state index is 10.9. The van der Waals surface area contributed by atoms with E-state index in [2.05, 4.69) is 18.6 Å². The summed E-state index contributed by atoms with van der Waals surface area (Å²) in [6, 6.07) is 7.55. The fraction of sp³-hybridized carbons (Fsp3) is 0.250. The third-order valence-corrected chi connectivity index (χ3v) is 1.82. The molecule has 0 aromatic heterocycles. The molecule has 0 saturated carbocycles. The average molecular weight is 270 g/mol. The minimum atomic E-state index is -2.36. The number of hydrogen-bond donors (Lipinski definition) is 1. The van der Waals surface area contributed by atoms with Gasteiger partial charge in [-0.25, -0.2) is 4.79 Å². The Balaban J connectivity index is 0.000000631. The van der Waals surface area contributed by atoms with Gasteiger partial charge in [-0.3, -0.25) is 9.35 Å². The van der Waals surface area contributed by atoms with E-state index in [-0.39, 0.29) is 0 Å². The van der Waals surface area contributed by atoms with Crippen LogP contribution in [0.5, 0.6) is 5.75 Å². The highest BCUT2D eigenvalue weighted by atomic mass is 32.2. The van der Waals surface area contributed by atoms with Crippen molar-refractivity contribution in [2.75, 3.05) is 0 Å². The van der Waals surface area contributed by atoms with Crippen LogP contribution in [-0.2, 0) is 22.5 Å². The summed E-state index contributed by atoms with van der Waals surface area (Å²) >= 11 is -2.36. The van der Waals surface area contributed by atoms with Gasteiger partial charge in [0.05, 0.1) is 0 Å². The number of benzene rings is 1. The molecule has 0 heterocycles. The van der Waals surface area contributed by atoms with Gasteiger partial charge in [-0.1, -0.05) is 32.1 Å². The number of hydrogen-bond acceptors (Lipinski definition) is 4. The van der Waals surface area contributed by atoms with E-state index in [1.165, 1.54) is 5.56 Å². The molecule has 1 aromatic carbocycles. The Bertz CT molecular complexity index is 416. The summed E-state index contributed by atoms with van der Waals surface area (Å²) in [7, 11) is 0. The summed E-state index contributed by atoms with van der Waals surface area (Å²) in [5, 5.41) is 4.03. The van der Waals surface area contributed by atoms with Gasteiger partial charge in [0.1, 0.15) is 5.75 Å². The van der Waals surface area contributed by atoms with E-state index in [0.717, 1.165) is 18.9 Å². The minimum absolute atomic E-state index is 0.418. The van der Waals surface area contributed by atoms with E-state index in [1.54, 1.807) is 6.07 Å². The second-order valence-electron chi connectivity index (χ2n) is 3.28. The van der Waals surface area contributed by atoms with Crippen LogP contribution in [0.3, 0.4) is 0 Å². The SMILES string of the molecule is C=CC(=O)Oc1cccc(CCC)c1.NS(=O)[O-]. The number of carbonyl (C=O) groups is 1. The van der Waals surface area contributed by atoms with Crippen LogP contribution in [0, 0.1) is 0 Å². The Morgan fingerprint density at radius 3 is 2.72 bits per heavy atom. The molecular weight excluding hydrogens is 254 g/mol. The van der Waals surface area contributed by atoms with Crippen molar-refractivity contribution in [2.24, 2.45) is 5.14 Å². The molecule has 0 aliphatic rings. The molecule has 100 valence electrons. The number of ether oxygens (including phenoxy) is 1. The number of esters is 1. The lowest BCUT2D eigenvalue weighted by atomic mass is 10.1. The fourth-order valence-electron chi connectivity index (χ4n) is 1.21. The first-order valence-corrected chi connectivity index (χ1v) is 6.40. The smallest absolute Gasteiger partial charge is 0.335 e. The van der Waals surface area contributed by atoms with Gasteiger partial charge in [-0.05, 0) is 24.1 Å². The number of aryl methyl sites for hydroxylation is 1. The summed E-state index contributed by atoms with van der Waals surface area (Å²) in [5.41, 5.74) is 1.18. The molecule has 18 heavy (non-hydrogen) atoms. The third kappa shape index (κ3) is 8.63. The molecule has 0 fully saturated rings. The van der Waals surface area contributed by atoms with E-state index < -0.39 is 17.2 Å². The van der Waals surface area contributed by atoms with Gasteiger partial charge in [-0.15, -0.1) is 0 Å². The Hall–Kier alpha value is -1.50. The van der Waals surface area contributed by atoms with Crippen LogP contribution in [0.2, 0.25) is 0 Å². The molecule has 0 bridgehead atoms. The average Bonchev–Trinajstić information content (AvgIpc) is 2.29. The molecule has 2 N–H and O–H groups in total. The van der Waals surface area contributed by atoms with Crippen molar-refractivity contribution in [3.05, 3.63) is 42.5 Å². The van der Waals surface area contributed by atoms with Gasteiger partial charge in [0.25, 0.3) is 0 Å². The van der Waals surface area contributed by atoms with Crippen LogP contribution in [0.1, 0.15) is 18.9 Å². The molecule has 0 amide bonds. The highest BCUT2D eigenvalue weighted by Gasteiger charge is 1.99. The van der Waals surface area contributed by atoms with E-state index >= 15 is 0 Å². The molecule has 6 heteroatoms. The summed E-state index contributed by atoms with van der Waals surface area (Å²) in [6.07, 6.45) is 3.24. The number of nitrogens with two attached hydrogens (primary N) is 1. The normalized spacial score (nSPS) is 10.8. The van der Waals surface area contributed by atoms with Crippen LogP contribution in [0.25, 0.3) is 0 Å². The largest absolute Gasteiger partial charge is 0.760 e. The van der Waals surface area contributed by atoms with Crippen LogP contribution in [-0.4, -0.2) is 14.7 Å². The zero-order valence-corrected chi connectivity index (χ0v) is 10.9. The van der Waals surface area contributed by atoms with Crippen LogP contribution >= 0.6 is 0 Å². The molecule has 0 radical (unpaired) electrons. The Morgan fingerprint density at radius 1 is 1.61 bits per heavy atom. The topological polar surface area (TPSA) is 92.5 Å². The van der Waals surface area contributed by atoms with E-state index in [4.69, 9.17) is 13.5 Å². The monoisotopic (exact) mass is 270 g/mol. The summed E-state index contributed by atoms with van der Waals surface area (Å²) in [5.74, 6) is 0.166. The Morgan fingerprint density at radius 2 is 2.22 bits per heavy atom. The number of carbonyl (C=O) groups excluding carboxylic acids is 1.